The minimum atomic E-state index is -0.552. The molecule has 1 N–H and O–H groups in total. The fourth-order valence-electron chi connectivity index (χ4n) is 3.35. The van der Waals surface area contributed by atoms with Gasteiger partial charge in [0.25, 0.3) is 0 Å². The molecule has 0 aliphatic carbocycles. The number of hydrogen-bond donors (Lipinski definition) is 1. The van der Waals surface area contributed by atoms with Gasteiger partial charge >= 0.3 is 0 Å². The molecule has 0 spiro atoms. The fraction of sp³-hybridized carbons (Fsp3) is 0.750. The highest BCUT2D eigenvalue weighted by atomic mass is 16.8. The van der Waals surface area contributed by atoms with Crippen LogP contribution in [0.2, 0.25) is 0 Å². The minimum Gasteiger partial charge on any atom is -0.368 e. The normalized spacial score (nSPS) is 25.2. The Morgan fingerprint density at radius 3 is 2.54 bits per heavy atom. The second-order valence-corrected chi connectivity index (χ2v) is 6.71. The number of rotatable bonds is 4. The Kier molecular flexibility index (Phi) is 8.15. The molecule has 0 saturated carbocycles. The van der Waals surface area contributed by atoms with Gasteiger partial charge < -0.3 is 19.5 Å². The van der Waals surface area contributed by atoms with Gasteiger partial charge in [-0.2, -0.15) is 0 Å². The summed E-state index contributed by atoms with van der Waals surface area (Å²) in [6, 6.07) is 0. The quantitative estimate of drug-likeness (QED) is 0.836. The first kappa shape index (κ1) is 22.5. The molecule has 3 unspecified atom stereocenters. The molecule has 2 aliphatic heterocycles. The van der Waals surface area contributed by atoms with E-state index in [1.54, 1.807) is 12.7 Å². The molecular weight excluding hydrogens is 358 g/mol. The van der Waals surface area contributed by atoms with Crippen molar-refractivity contribution in [2.75, 3.05) is 18.5 Å². The van der Waals surface area contributed by atoms with Crippen LogP contribution in [-0.4, -0.2) is 50.7 Å². The first-order valence-corrected chi connectivity index (χ1v) is 10.5. The van der Waals surface area contributed by atoms with Crippen molar-refractivity contribution in [3.63, 3.8) is 0 Å². The SMILES string of the molecule is CC.CC.CCCNc1ncnc2c1ncn2C1CC2OC(C)(C)OC2CO1. The molecule has 0 bridgehead atoms. The molecule has 2 aliphatic rings. The Hall–Kier alpha value is -1.77. The molecule has 2 aromatic heterocycles. The molecule has 4 heterocycles. The predicted octanol–water partition coefficient (Wildman–Crippen LogP) is 4.14. The molecule has 4 rings (SSSR count). The maximum atomic E-state index is 6.00. The lowest BCUT2D eigenvalue weighted by Gasteiger charge is -2.30. The average Bonchev–Trinajstić information content (AvgIpc) is 3.28. The second-order valence-electron chi connectivity index (χ2n) is 6.71. The van der Waals surface area contributed by atoms with Crippen LogP contribution in [0.4, 0.5) is 5.82 Å². The van der Waals surface area contributed by atoms with Crippen molar-refractivity contribution in [1.29, 1.82) is 0 Å². The van der Waals surface area contributed by atoms with E-state index in [9.17, 15) is 0 Å². The van der Waals surface area contributed by atoms with Crippen LogP contribution in [-0.2, 0) is 14.2 Å². The number of anilines is 1. The number of fused-ring (bicyclic) bond motifs is 2. The van der Waals surface area contributed by atoms with Gasteiger partial charge in [-0.25, -0.2) is 15.0 Å². The molecule has 8 heteroatoms. The van der Waals surface area contributed by atoms with E-state index < -0.39 is 5.79 Å². The lowest BCUT2D eigenvalue weighted by molar-refractivity contribution is -0.146. The molecule has 2 aromatic rings. The van der Waals surface area contributed by atoms with Gasteiger partial charge in [-0.1, -0.05) is 34.6 Å². The topological polar surface area (TPSA) is 83.3 Å². The Balaban J connectivity index is 0.000000660. The van der Waals surface area contributed by atoms with Crippen molar-refractivity contribution in [3.05, 3.63) is 12.7 Å². The molecule has 0 amide bonds. The number of imidazole rings is 1. The van der Waals surface area contributed by atoms with Crippen LogP contribution in [0.3, 0.4) is 0 Å². The van der Waals surface area contributed by atoms with Crippen LogP contribution in [0.1, 0.15) is 67.5 Å². The third-order valence-electron chi connectivity index (χ3n) is 4.38. The van der Waals surface area contributed by atoms with Gasteiger partial charge in [0.1, 0.15) is 18.7 Å². The van der Waals surface area contributed by atoms with Crippen molar-refractivity contribution < 1.29 is 14.2 Å². The smallest absolute Gasteiger partial charge is 0.167 e. The molecule has 2 saturated heterocycles. The predicted molar refractivity (Wildman–Crippen MR) is 110 cm³/mol. The molecule has 158 valence electrons. The summed E-state index contributed by atoms with van der Waals surface area (Å²) in [6.07, 6.45) is 4.90. The molecule has 0 radical (unpaired) electrons. The summed E-state index contributed by atoms with van der Waals surface area (Å²) in [6.45, 7) is 15.3. The van der Waals surface area contributed by atoms with Gasteiger partial charge in [0.15, 0.2) is 22.8 Å². The van der Waals surface area contributed by atoms with Crippen LogP contribution in [0.25, 0.3) is 11.2 Å². The van der Waals surface area contributed by atoms with Crippen LogP contribution >= 0.6 is 0 Å². The number of nitrogens with zero attached hydrogens (tertiary/aromatic N) is 4. The Morgan fingerprint density at radius 2 is 1.82 bits per heavy atom. The first-order chi connectivity index (χ1) is 13.6. The summed E-state index contributed by atoms with van der Waals surface area (Å²) in [7, 11) is 0. The van der Waals surface area contributed by atoms with Gasteiger partial charge in [-0.15, -0.1) is 0 Å². The van der Waals surface area contributed by atoms with E-state index in [-0.39, 0.29) is 18.4 Å². The van der Waals surface area contributed by atoms with Crippen molar-refractivity contribution >= 4 is 17.0 Å². The van der Waals surface area contributed by atoms with Crippen LogP contribution in [0.5, 0.6) is 0 Å². The van der Waals surface area contributed by atoms with Gasteiger partial charge in [-0.3, -0.25) is 4.57 Å². The van der Waals surface area contributed by atoms with Crippen molar-refractivity contribution in [2.45, 2.75) is 85.5 Å². The fourth-order valence-corrected chi connectivity index (χ4v) is 3.35. The van der Waals surface area contributed by atoms with Crippen LogP contribution in [0, 0.1) is 0 Å². The number of ether oxygens (including phenoxy) is 3. The molecule has 2 fully saturated rings. The third-order valence-corrected chi connectivity index (χ3v) is 4.38. The largest absolute Gasteiger partial charge is 0.368 e. The van der Waals surface area contributed by atoms with E-state index in [4.69, 9.17) is 14.2 Å². The van der Waals surface area contributed by atoms with E-state index >= 15 is 0 Å². The first-order valence-electron chi connectivity index (χ1n) is 10.5. The Morgan fingerprint density at radius 1 is 1.11 bits per heavy atom. The summed E-state index contributed by atoms with van der Waals surface area (Å²) in [5, 5.41) is 3.29. The van der Waals surface area contributed by atoms with E-state index in [2.05, 4.69) is 27.2 Å². The second kappa shape index (κ2) is 10.1. The van der Waals surface area contributed by atoms with Gasteiger partial charge in [0, 0.05) is 13.0 Å². The Labute approximate surface area is 168 Å². The summed E-state index contributed by atoms with van der Waals surface area (Å²) < 4.78 is 19.8. The lowest BCUT2D eigenvalue weighted by Crippen LogP contribution is -2.37. The molecule has 28 heavy (non-hydrogen) atoms. The highest BCUT2D eigenvalue weighted by molar-refractivity contribution is 5.82. The average molecular weight is 394 g/mol. The van der Waals surface area contributed by atoms with E-state index in [1.807, 2.05) is 46.1 Å². The molecule has 0 aromatic carbocycles. The molecule has 8 nitrogen and oxygen atoms in total. The summed E-state index contributed by atoms with van der Waals surface area (Å²) in [5.41, 5.74) is 1.53. The molecule has 3 atom stereocenters. The molecular formula is C20H35N5O3. The Bertz CT molecular complexity index is 734. The number of aromatic nitrogens is 4. The summed E-state index contributed by atoms with van der Waals surface area (Å²) in [5.74, 6) is 0.208. The summed E-state index contributed by atoms with van der Waals surface area (Å²) in [4.78, 5) is 13.2. The van der Waals surface area contributed by atoms with Crippen LogP contribution in [0.15, 0.2) is 12.7 Å². The van der Waals surface area contributed by atoms with E-state index in [0.717, 1.165) is 29.9 Å². The third kappa shape index (κ3) is 4.79. The van der Waals surface area contributed by atoms with Gasteiger partial charge in [0.2, 0.25) is 0 Å². The standard InChI is InChI=1S/C16H23N5O3.2C2H6/c1-4-5-17-14-13-15(19-8-18-14)21(9-20-13)12-6-10-11(7-22-12)24-16(2,3)23-10;2*1-2/h8-12H,4-7H2,1-3H3,(H,17,18,19);2*1-2H3. The zero-order valence-corrected chi connectivity index (χ0v) is 18.2. The van der Waals surface area contributed by atoms with E-state index in [1.165, 1.54) is 0 Å². The monoisotopic (exact) mass is 393 g/mol. The van der Waals surface area contributed by atoms with E-state index in [0.29, 0.717) is 13.0 Å². The number of nitrogens with one attached hydrogen (secondary N) is 1. The highest BCUT2D eigenvalue weighted by Crippen LogP contribution is 2.37. The maximum Gasteiger partial charge on any atom is 0.167 e. The van der Waals surface area contributed by atoms with Gasteiger partial charge in [-0.05, 0) is 20.3 Å². The zero-order valence-electron chi connectivity index (χ0n) is 18.2. The lowest BCUT2D eigenvalue weighted by atomic mass is 10.1. The van der Waals surface area contributed by atoms with Crippen molar-refractivity contribution in [2.24, 2.45) is 0 Å². The number of hydrogen-bond acceptors (Lipinski definition) is 7. The summed E-state index contributed by atoms with van der Waals surface area (Å²) >= 11 is 0. The zero-order chi connectivity index (χ0) is 20.7. The van der Waals surface area contributed by atoms with Gasteiger partial charge in [0.05, 0.1) is 19.0 Å². The highest BCUT2D eigenvalue weighted by Gasteiger charge is 2.45. The van der Waals surface area contributed by atoms with Crippen molar-refractivity contribution in [3.8, 4) is 0 Å². The minimum absolute atomic E-state index is 0.0116. The van der Waals surface area contributed by atoms with Crippen molar-refractivity contribution in [1.82, 2.24) is 19.5 Å². The van der Waals surface area contributed by atoms with Crippen LogP contribution < -0.4 is 5.32 Å². The maximum absolute atomic E-state index is 6.00.